The average molecular weight is 323 g/mol. The molecule has 0 saturated carbocycles. The van der Waals surface area contributed by atoms with Gasteiger partial charge in [-0.1, -0.05) is 54.1 Å². The molecule has 0 bridgehead atoms. The van der Waals surface area contributed by atoms with Crippen LogP contribution in [0.3, 0.4) is 0 Å². The molecule has 0 N–H and O–H groups in total. The molecule has 0 aliphatic carbocycles. The van der Waals surface area contributed by atoms with Crippen molar-refractivity contribution in [3.8, 4) is 34.3 Å². The Morgan fingerprint density at radius 2 is 1.57 bits per heavy atom. The highest BCUT2D eigenvalue weighted by atomic mass is 35.5. The van der Waals surface area contributed by atoms with Crippen molar-refractivity contribution in [2.24, 2.45) is 0 Å². The molecule has 0 unspecified atom stereocenters. The summed E-state index contributed by atoms with van der Waals surface area (Å²) in [6, 6.07) is 17.2. The van der Waals surface area contributed by atoms with Gasteiger partial charge in [-0.05, 0) is 12.1 Å². The van der Waals surface area contributed by atoms with Crippen LogP contribution in [0, 0.1) is 0 Å². The molecule has 0 fully saturated rings. The predicted molar refractivity (Wildman–Crippen MR) is 88.3 cm³/mol. The van der Waals surface area contributed by atoms with E-state index in [-0.39, 0.29) is 0 Å². The van der Waals surface area contributed by atoms with Gasteiger partial charge in [0.25, 0.3) is 5.88 Å². The molecular formula is C18H11ClN2O2. The third-order valence-electron chi connectivity index (χ3n) is 3.39. The number of nitrogens with zero attached hydrogens (tertiary/aromatic N) is 2. The van der Waals surface area contributed by atoms with E-state index in [9.17, 15) is 0 Å². The third-order valence-corrected chi connectivity index (χ3v) is 3.62. The van der Waals surface area contributed by atoms with Gasteiger partial charge in [-0.15, -0.1) is 0 Å². The lowest BCUT2D eigenvalue weighted by Gasteiger charge is -2.16. The molecule has 2 heterocycles. The Kier molecular flexibility index (Phi) is 3.44. The summed E-state index contributed by atoms with van der Waals surface area (Å²) in [4.78, 5) is 9.11. The minimum atomic E-state index is 0.385. The summed E-state index contributed by atoms with van der Waals surface area (Å²) in [7, 11) is 0. The minimum Gasteiger partial charge on any atom is -0.454 e. The summed E-state index contributed by atoms with van der Waals surface area (Å²) in [6.07, 6.45) is 2.91. The van der Waals surface area contributed by atoms with Crippen LogP contribution in [0.2, 0.25) is 5.02 Å². The lowest BCUT2D eigenvalue weighted by Crippen LogP contribution is -2.04. The van der Waals surface area contributed by atoms with Crippen LogP contribution < -0.4 is 9.47 Å². The first kappa shape index (κ1) is 13.8. The monoisotopic (exact) mass is 322 g/mol. The molecule has 23 heavy (non-hydrogen) atoms. The van der Waals surface area contributed by atoms with Crippen LogP contribution in [-0.2, 0) is 0 Å². The lowest BCUT2D eigenvalue weighted by atomic mass is 10.1. The van der Waals surface area contributed by atoms with E-state index in [1.165, 1.54) is 12.5 Å². The van der Waals surface area contributed by atoms with Crippen molar-refractivity contribution in [1.29, 1.82) is 0 Å². The molecule has 2 aromatic carbocycles. The van der Waals surface area contributed by atoms with Gasteiger partial charge in [0.05, 0.1) is 0 Å². The van der Waals surface area contributed by atoms with Crippen molar-refractivity contribution < 1.29 is 9.47 Å². The van der Waals surface area contributed by atoms with Crippen molar-refractivity contribution in [2.75, 3.05) is 0 Å². The summed E-state index contributed by atoms with van der Waals surface area (Å²) in [6.45, 7) is 0. The van der Waals surface area contributed by atoms with Crippen LogP contribution in [0.1, 0.15) is 0 Å². The topological polar surface area (TPSA) is 44.2 Å². The SMILES string of the molecule is Clc1cccc(-c2nc(-c3ccccc3)nc3c2OC=CO3)c1. The largest absolute Gasteiger partial charge is 0.454 e. The van der Waals surface area contributed by atoms with E-state index in [4.69, 9.17) is 21.1 Å². The number of hydrogen-bond donors (Lipinski definition) is 0. The molecule has 112 valence electrons. The number of benzene rings is 2. The highest BCUT2D eigenvalue weighted by Gasteiger charge is 2.21. The Morgan fingerprint density at radius 1 is 0.783 bits per heavy atom. The van der Waals surface area contributed by atoms with Gasteiger partial charge in [-0.3, -0.25) is 0 Å². The van der Waals surface area contributed by atoms with E-state index in [2.05, 4.69) is 9.97 Å². The standard InChI is InChI=1S/C18H11ClN2O2/c19-14-8-4-7-13(11-14)15-16-18(23-10-9-22-16)21-17(20-15)12-5-2-1-3-6-12/h1-11H. The zero-order valence-corrected chi connectivity index (χ0v) is 12.7. The van der Waals surface area contributed by atoms with Gasteiger partial charge in [0.1, 0.15) is 18.2 Å². The Morgan fingerprint density at radius 3 is 2.39 bits per heavy atom. The molecule has 1 aliphatic heterocycles. The first-order valence-corrected chi connectivity index (χ1v) is 7.41. The number of aromatic nitrogens is 2. The number of fused-ring (bicyclic) bond motifs is 1. The maximum Gasteiger partial charge on any atom is 0.267 e. The molecule has 0 atom stereocenters. The maximum atomic E-state index is 6.11. The van der Waals surface area contributed by atoms with Crippen LogP contribution in [-0.4, -0.2) is 9.97 Å². The van der Waals surface area contributed by atoms with Gasteiger partial charge in [0.15, 0.2) is 5.82 Å². The van der Waals surface area contributed by atoms with Gasteiger partial charge in [-0.2, -0.15) is 4.98 Å². The molecule has 0 spiro atoms. The van der Waals surface area contributed by atoms with E-state index in [1.807, 2.05) is 54.6 Å². The smallest absolute Gasteiger partial charge is 0.267 e. The minimum absolute atomic E-state index is 0.385. The summed E-state index contributed by atoms with van der Waals surface area (Å²) in [5.41, 5.74) is 2.38. The molecule has 5 heteroatoms. The normalized spacial score (nSPS) is 12.2. The van der Waals surface area contributed by atoms with E-state index >= 15 is 0 Å². The highest BCUT2D eigenvalue weighted by Crippen LogP contribution is 2.39. The second-order valence-electron chi connectivity index (χ2n) is 4.91. The molecule has 0 saturated heterocycles. The number of rotatable bonds is 2. The first-order chi connectivity index (χ1) is 11.3. The lowest BCUT2D eigenvalue weighted by molar-refractivity contribution is 0.349. The Hall–Kier alpha value is -2.85. The van der Waals surface area contributed by atoms with Crippen LogP contribution in [0.25, 0.3) is 22.6 Å². The van der Waals surface area contributed by atoms with Crippen LogP contribution in [0.15, 0.2) is 67.1 Å². The Labute approximate surface area is 138 Å². The maximum absolute atomic E-state index is 6.11. The number of hydrogen-bond acceptors (Lipinski definition) is 4. The van der Waals surface area contributed by atoms with Gasteiger partial charge in [0.2, 0.25) is 5.75 Å². The van der Waals surface area contributed by atoms with Crippen molar-refractivity contribution in [3.05, 3.63) is 72.1 Å². The van der Waals surface area contributed by atoms with Crippen molar-refractivity contribution in [2.45, 2.75) is 0 Å². The molecule has 4 rings (SSSR count). The fourth-order valence-electron chi connectivity index (χ4n) is 2.35. The molecule has 4 nitrogen and oxygen atoms in total. The first-order valence-electron chi connectivity index (χ1n) is 7.03. The fraction of sp³-hybridized carbons (Fsp3) is 0. The van der Waals surface area contributed by atoms with E-state index < -0.39 is 0 Å². The molecular weight excluding hydrogens is 312 g/mol. The van der Waals surface area contributed by atoms with Crippen LogP contribution in [0.4, 0.5) is 0 Å². The second kappa shape index (κ2) is 5.74. The summed E-state index contributed by atoms with van der Waals surface area (Å²) < 4.78 is 11.1. The fourth-order valence-corrected chi connectivity index (χ4v) is 2.54. The summed E-state index contributed by atoms with van der Waals surface area (Å²) in [5.74, 6) is 1.43. The average Bonchev–Trinajstić information content (AvgIpc) is 2.61. The van der Waals surface area contributed by atoms with E-state index in [0.29, 0.717) is 28.2 Å². The van der Waals surface area contributed by atoms with Gasteiger partial charge < -0.3 is 9.47 Å². The second-order valence-corrected chi connectivity index (χ2v) is 5.35. The van der Waals surface area contributed by atoms with Gasteiger partial charge in [-0.25, -0.2) is 4.98 Å². The number of halogens is 1. The summed E-state index contributed by atoms with van der Waals surface area (Å²) >= 11 is 6.11. The van der Waals surface area contributed by atoms with Crippen molar-refractivity contribution >= 4 is 11.6 Å². The number of ether oxygens (including phenoxy) is 2. The zero-order chi connectivity index (χ0) is 15.6. The van der Waals surface area contributed by atoms with Crippen LogP contribution in [0.5, 0.6) is 11.6 Å². The van der Waals surface area contributed by atoms with Gasteiger partial charge >= 0.3 is 0 Å². The van der Waals surface area contributed by atoms with E-state index in [1.54, 1.807) is 0 Å². The molecule has 0 amide bonds. The van der Waals surface area contributed by atoms with Gasteiger partial charge in [0, 0.05) is 16.1 Å². The summed E-state index contributed by atoms with van der Waals surface area (Å²) in [5, 5.41) is 0.628. The highest BCUT2D eigenvalue weighted by molar-refractivity contribution is 6.30. The molecule has 1 aromatic heterocycles. The Bertz CT molecular complexity index is 895. The Balaban J connectivity index is 1.94. The third kappa shape index (κ3) is 2.64. The van der Waals surface area contributed by atoms with Crippen LogP contribution >= 0.6 is 11.6 Å². The predicted octanol–water partition coefficient (Wildman–Crippen LogP) is 4.71. The zero-order valence-electron chi connectivity index (χ0n) is 11.9. The van der Waals surface area contributed by atoms with E-state index in [0.717, 1.165) is 11.1 Å². The van der Waals surface area contributed by atoms with Crippen molar-refractivity contribution in [1.82, 2.24) is 9.97 Å². The molecule has 0 radical (unpaired) electrons. The van der Waals surface area contributed by atoms with Crippen molar-refractivity contribution in [3.63, 3.8) is 0 Å². The quantitative estimate of drug-likeness (QED) is 0.685. The molecule has 1 aliphatic rings. The molecule has 3 aromatic rings.